The lowest BCUT2D eigenvalue weighted by molar-refractivity contribution is -0.153. The van der Waals surface area contributed by atoms with Gasteiger partial charge in [-0.15, -0.1) is 0 Å². The van der Waals surface area contributed by atoms with Gasteiger partial charge in [0.25, 0.3) is 0 Å². The van der Waals surface area contributed by atoms with Crippen LogP contribution in [0.2, 0.25) is 0 Å². The zero-order chi connectivity index (χ0) is 13.1. The summed E-state index contributed by atoms with van der Waals surface area (Å²) in [6.07, 6.45) is 4.15. The Kier molecular flexibility index (Phi) is 4.38. The Morgan fingerprint density at radius 3 is 2.67 bits per heavy atom. The zero-order valence-electron chi connectivity index (χ0n) is 10.9. The molecule has 1 saturated heterocycles. The van der Waals surface area contributed by atoms with Crippen LogP contribution in [-0.2, 0) is 14.3 Å². The topological polar surface area (TPSA) is 63.6 Å². The van der Waals surface area contributed by atoms with Crippen LogP contribution in [0.3, 0.4) is 0 Å². The van der Waals surface area contributed by atoms with E-state index < -0.39 is 6.10 Å². The minimum absolute atomic E-state index is 0.0505. The van der Waals surface area contributed by atoms with E-state index in [1.165, 1.54) is 0 Å². The summed E-state index contributed by atoms with van der Waals surface area (Å²) in [6, 6.07) is 0. The maximum atomic E-state index is 11.9. The normalized spacial score (nSPS) is 38.8. The van der Waals surface area contributed by atoms with Crippen LogP contribution in [0.25, 0.3) is 0 Å². The first-order chi connectivity index (χ1) is 8.58. The molecule has 0 spiro atoms. The second-order valence-corrected chi connectivity index (χ2v) is 5.63. The highest BCUT2D eigenvalue weighted by Crippen LogP contribution is 2.35. The summed E-state index contributed by atoms with van der Waals surface area (Å²) < 4.78 is 5.30. The summed E-state index contributed by atoms with van der Waals surface area (Å²) in [5, 5.41) is 10.0. The number of ether oxygens (including phenoxy) is 1. The molecule has 1 aliphatic carbocycles. The van der Waals surface area contributed by atoms with Gasteiger partial charge in [-0.25, -0.2) is 0 Å². The molecule has 102 valence electrons. The van der Waals surface area contributed by atoms with Gasteiger partial charge in [0.1, 0.15) is 5.78 Å². The van der Waals surface area contributed by atoms with E-state index in [4.69, 9.17) is 4.74 Å². The maximum Gasteiger partial charge on any atom is 0.306 e. The maximum absolute atomic E-state index is 11.9. The smallest absolute Gasteiger partial charge is 0.306 e. The molecule has 1 saturated carbocycles. The Morgan fingerprint density at radius 2 is 1.89 bits per heavy atom. The number of carbonyl (C=O) groups is 2. The number of aliphatic hydroxyl groups excluding tert-OH is 1. The molecule has 4 nitrogen and oxygen atoms in total. The quantitative estimate of drug-likeness (QED) is 0.670. The van der Waals surface area contributed by atoms with E-state index in [2.05, 4.69) is 0 Å². The number of cyclic esters (lactones) is 1. The highest BCUT2D eigenvalue weighted by atomic mass is 16.5. The van der Waals surface area contributed by atoms with Crippen molar-refractivity contribution in [3.05, 3.63) is 0 Å². The van der Waals surface area contributed by atoms with Gasteiger partial charge in [0.15, 0.2) is 0 Å². The van der Waals surface area contributed by atoms with Crippen molar-refractivity contribution >= 4 is 11.8 Å². The lowest BCUT2D eigenvalue weighted by atomic mass is 9.72. The molecule has 4 atom stereocenters. The standard InChI is InChI=1S/C14H22O4/c1-9-4-2-3-5-10-11(8-14(17)18-9)13(16)7-6-12(10)15/h9-11,13,16H,2-8H2,1H3. The van der Waals surface area contributed by atoms with E-state index in [-0.39, 0.29) is 36.1 Å². The fourth-order valence-corrected chi connectivity index (χ4v) is 3.17. The predicted molar refractivity (Wildman–Crippen MR) is 65.9 cm³/mol. The van der Waals surface area contributed by atoms with Gasteiger partial charge in [-0.05, 0) is 32.6 Å². The minimum atomic E-state index is -0.532. The molecule has 0 aromatic carbocycles. The highest BCUT2D eigenvalue weighted by Gasteiger charge is 2.39. The van der Waals surface area contributed by atoms with E-state index in [1.54, 1.807) is 0 Å². The number of ketones is 1. The largest absolute Gasteiger partial charge is 0.463 e. The molecule has 0 aromatic heterocycles. The van der Waals surface area contributed by atoms with E-state index in [1.807, 2.05) is 6.92 Å². The van der Waals surface area contributed by atoms with Crippen molar-refractivity contribution in [3.8, 4) is 0 Å². The average molecular weight is 254 g/mol. The number of esters is 1. The van der Waals surface area contributed by atoms with E-state index in [0.717, 1.165) is 25.7 Å². The van der Waals surface area contributed by atoms with Gasteiger partial charge in [-0.1, -0.05) is 6.42 Å². The number of hydrogen-bond donors (Lipinski definition) is 1. The molecule has 18 heavy (non-hydrogen) atoms. The Balaban J connectivity index is 2.11. The van der Waals surface area contributed by atoms with Crippen LogP contribution in [0, 0.1) is 11.8 Å². The van der Waals surface area contributed by atoms with Crippen LogP contribution >= 0.6 is 0 Å². The Bertz CT molecular complexity index is 326. The Hall–Kier alpha value is -0.900. The van der Waals surface area contributed by atoms with Crippen molar-refractivity contribution < 1.29 is 19.4 Å². The number of fused-ring (bicyclic) bond motifs is 1. The second kappa shape index (κ2) is 5.83. The Morgan fingerprint density at radius 1 is 1.17 bits per heavy atom. The molecular formula is C14H22O4. The number of hydrogen-bond acceptors (Lipinski definition) is 4. The van der Waals surface area contributed by atoms with Gasteiger partial charge in [0.2, 0.25) is 0 Å². The number of Topliss-reactive ketones (excluding diaryl/α,β-unsaturated/α-hetero) is 1. The van der Waals surface area contributed by atoms with E-state index >= 15 is 0 Å². The van der Waals surface area contributed by atoms with Gasteiger partial charge in [-0.2, -0.15) is 0 Å². The summed E-state index contributed by atoms with van der Waals surface area (Å²) in [7, 11) is 0. The van der Waals surface area contributed by atoms with Gasteiger partial charge in [0.05, 0.1) is 18.6 Å². The molecule has 0 aromatic rings. The number of carbonyl (C=O) groups excluding carboxylic acids is 2. The molecule has 1 N–H and O–H groups in total. The molecule has 4 unspecified atom stereocenters. The number of rotatable bonds is 0. The third kappa shape index (κ3) is 3.10. The lowest BCUT2D eigenvalue weighted by Gasteiger charge is -2.35. The molecule has 0 bridgehead atoms. The summed E-state index contributed by atoms with van der Waals surface area (Å²) in [5.41, 5.74) is 0. The molecule has 1 aliphatic heterocycles. The predicted octanol–water partition coefficient (Wildman–Crippen LogP) is 1.84. The van der Waals surface area contributed by atoms with Crippen LogP contribution in [0.5, 0.6) is 0 Å². The van der Waals surface area contributed by atoms with E-state index in [0.29, 0.717) is 12.8 Å². The van der Waals surface area contributed by atoms with Crippen molar-refractivity contribution in [3.63, 3.8) is 0 Å². The molecule has 1 heterocycles. The van der Waals surface area contributed by atoms with Crippen molar-refractivity contribution in [2.45, 2.75) is 64.1 Å². The molecule has 2 rings (SSSR count). The van der Waals surface area contributed by atoms with Crippen LogP contribution in [0.1, 0.15) is 51.9 Å². The van der Waals surface area contributed by atoms with Crippen LogP contribution in [0.4, 0.5) is 0 Å². The first-order valence-electron chi connectivity index (χ1n) is 6.98. The molecule has 2 aliphatic rings. The third-order valence-corrected chi connectivity index (χ3v) is 4.22. The Labute approximate surface area is 108 Å². The van der Waals surface area contributed by atoms with Gasteiger partial charge >= 0.3 is 5.97 Å². The lowest BCUT2D eigenvalue weighted by Crippen LogP contribution is -2.40. The summed E-state index contributed by atoms with van der Waals surface area (Å²) in [6.45, 7) is 1.90. The molecular weight excluding hydrogens is 232 g/mol. The molecule has 4 heteroatoms. The summed E-state index contributed by atoms with van der Waals surface area (Å²) in [5.74, 6) is -0.432. The van der Waals surface area contributed by atoms with Crippen molar-refractivity contribution in [1.82, 2.24) is 0 Å². The van der Waals surface area contributed by atoms with Gasteiger partial charge < -0.3 is 9.84 Å². The fourth-order valence-electron chi connectivity index (χ4n) is 3.17. The highest BCUT2D eigenvalue weighted by molar-refractivity contribution is 5.83. The zero-order valence-corrected chi connectivity index (χ0v) is 10.9. The minimum Gasteiger partial charge on any atom is -0.463 e. The third-order valence-electron chi connectivity index (χ3n) is 4.22. The average Bonchev–Trinajstić information content (AvgIpc) is 2.31. The SMILES string of the molecule is CC1CCCCC2C(=O)CCC(O)C2CC(=O)O1. The van der Waals surface area contributed by atoms with Crippen LogP contribution < -0.4 is 0 Å². The monoisotopic (exact) mass is 254 g/mol. The first-order valence-corrected chi connectivity index (χ1v) is 6.98. The number of aliphatic hydroxyl groups is 1. The van der Waals surface area contributed by atoms with Crippen LogP contribution in [0.15, 0.2) is 0 Å². The van der Waals surface area contributed by atoms with Crippen molar-refractivity contribution in [2.24, 2.45) is 11.8 Å². The van der Waals surface area contributed by atoms with Gasteiger partial charge in [0, 0.05) is 18.3 Å². The van der Waals surface area contributed by atoms with Crippen molar-refractivity contribution in [2.75, 3.05) is 0 Å². The van der Waals surface area contributed by atoms with E-state index in [9.17, 15) is 14.7 Å². The fraction of sp³-hybridized carbons (Fsp3) is 0.857. The van der Waals surface area contributed by atoms with Crippen LogP contribution in [-0.4, -0.2) is 29.1 Å². The van der Waals surface area contributed by atoms with Crippen molar-refractivity contribution in [1.29, 1.82) is 0 Å². The second-order valence-electron chi connectivity index (χ2n) is 5.63. The van der Waals surface area contributed by atoms with Gasteiger partial charge in [-0.3, -0.25) is 9.59 Å². The summed E-state index contributed by atoms with van der Waals surface area (Å²) >= 11 is 0. The first kappa shape index (κ1) is 13.5. The summed E-state index contributed by atoms with van der Waals surface area (Å²) in [4.78, 5) is 23.7. The molecule has 2 fully saturated rings. The molecule has 0 radical (unpaired) electrons. The molecule has 0 amide bonds.